The molecule has 0 aliphatic rings. The Kier molecular flexibility index (Phi) is 34.3. The summed E-state index contributed by atoms with van der Waals surface area (Å²) in [5.74, 6) is -1.87. The summed E-state index contributed by atoms with van der Waals surface area (Å²) < 4.78 is 8.36. The van der Waals surface area contributed by atoms with E-state index >= 15 is 0 Å². The summed E-state index contributed by atoms with van der Waals surface area (Å²) in [4.78, 5) is 38.4. The molecule has 0 saturated carbocycles. The minimum atomic E-state index is -0.935. The Bertz CT molecular complexity index is 427. The number of rotatable bonds is 5. The highest BCUT2D eigenvalue weighted by molar-refractivity contribution is 5.85. The fourth-order valence-electron chi connectivity index (χ4n) is 0.285. The lowest BCUT2D eigenvalue weighted by Gasteiger charge is -1.90. The first kappa shape index (κ1) is 36.7. The number of hydrogen-bond acceptors (Lipinski definition) is 8. The van der Waals surface area contributed by atoms with Gasteiger partial charge in [0, 0.05) is 11.1 Å². The molecule has 1 atom stereocenters. The van der Waals surface area contributed by atoms with E-state index in [0.717, 1.165) is 0 Å². The topological polar surface area (TPSA) is 220 Å². The number of aliphatic hydroxyl groups excluding tert-OH is 2. The summed E-state index contributed by atoms with van der Waals surface area (Å²) >= 11 is 0. The number of aliphatic hydroxyl groups is 2. The highest BCUT2D eigenvalue weighted by Crippen LogP contribution is 1.81. The van der Waals surface area contributed by atoms with Crippen LogP contribution in [-0.2, 0) is 19.1 Å². The van der Waals surface area contributed by atoms with E-state index in [9.17, 15) is 19.2 Å². The van der Waals surface area contributed by atoms with Crippen molar-refractivity contribution in [1.82, 2.24) is 0 Å². The van der Waals surface area contributed by atoms with Gasteiger partial charge in [0.15, 0.2) is 0 Å². The molecule has 29 heavy (non-hydrogen) atoms. The van der Waals surface area contributed by atoms with Crippen molar-refractivity contribution >= 4 is 24.1 Å². The number of carbonyl (C=O) groups is 4. The Morgan fingerprint density at radius 2 is 1.03 bits per heavy atom. The molecule has 0 aromatic heterocycles. The molecular formula is C17H34N2O10. The second kappa shape index (κ2) is 27.1. The van der Waals surface area contributed by atoms with Gasteiger partial charge in [-0.2, -0.15) is 0 Å². The van der Waals surface area contributed by atoms with Crippen molar-refractivity contribution in [2.45, 2.75) is 40.7 Å². The van der Waals surface area contributed by atoms with Crippen molar-refractivity contribution in [2.24, 2.45) is 11.5 Å². The van der Waals surface area contributed by atoms with Crippen LogP contribution in [0, 0.1) is 0 Å². The minimum Gasteiger partial charge on any atom is -0.478 e. The first-order valence-electron chi connectivity index (χ1n) is 8.01. The first-order valence-corrected chi connectivity index (χ1v) is 8.01. The number of carbonyl (C=O) groups excluding carboxylic acids is 2. The van der Waals surface area contributed by atoms with Gasteiger partial charge >= 0.3 is 24.1 Å². The van der Waals surface area contributed by atoms with Crippen LogP contribution >= 0.6 is 0 Å². The molecule has 12 nitrogen and oxygen atoms in total. The van der Waals surface area contributed by atoms with Crippen LogP contribution in [-0.4, -0.2) is 70.5 Å². The summed E-state index contributed by atoms with van der Waals surface area (Å²) in [6.07, 6.45) is -1.98. The van der Waals surface area contributed by atoms with Crippen molar-refractivity contribution in [1.29, 1.82) is 0 Å². The number of carboxylic acid groups (broad SMARTS) is 2. The Hall–Kier alpha value is -3.12. The number of ether oxygens (including phenoxy) is 2. The zero-order chi connectivity index (χ0) is 24.6. The van der Waals surface area contributed by atoms with E-state index in [1.807, 2.05) is 0 Å². The third-order valence-corrected chi connectivity index (χ3v) is 1.57. The van der Waals surface area contributed by atoms with Crippen molar-refractivity contribution < 1.29 is 49.1 Å². The minimum absolute atomic E-state index is 0.139. The van der Waals surface area contributed by atoms with Crippen LogP contribution in [0.15, 0.2) is 24.3 Å². The molecule has 0 saturated heterocycles. The van der Waals surface area contributed by atoms with E-state index in [-0.39, 0.29) is 17.8 Å². The van der Waals surface area contributed by atoms with Crippen LogP contribution in [0.25, 0.3) is 0 Å². The largest absolute Gasteiger partial charge is 0.478 e. The van der Waals surface area contributed by atoms with E-state index in [4.69, 9.17) is 20.4 Å². The molecule has 0 rings (SSSR count). The molecule has 0 aromatic rings. The first-order chi connectivity index (χ1) is 13.1. The second-order valence-electron chi connectivity index (χ2n) is 4.71. The van der Waals surface area contributed by atoms with Gasteiger partial charge in [-0.1, -0.05) is 13.2 Å². The van der Waals surface area contributed by atoms with E-state index in [2.05, 4.69) is 34.1 Å². The van der Waals surface area contributed by atoms with Gasteiger partial charge in [0.05, 0.1) is 25.9 Å². The van der Waals surface area contributed by atoms with Gasteiger partial charge < -0.3 is 41.4 Å². The third-order valence-electron chi connectivity index (χ3n) is 1.57. The molecule has 12 heteroatoms. The van der Waals surface area contributed by atoms with Gasteiger partial charge in [-0.15, -0.1) is 0 Å². The van der Waals surface area contributed by atoms with Crippen LogP contribution in [0.4, 0.5) is 9.59 Å². The molecule has 0 bridgehead atoms. The fourth-order valence-corrected chi connectivity index (χ4v) is 0.285. The molecule has 0 aromatic carbocycles. The maximum atomic E-state index is 9.60. The SMILES string of the molecule is C=C(C)C(=O)O.C=C(C)C(=O)O.CC(O)CO.CCOC(N)=O.CCOC(N)=O. The molecular weight excluding hydrogens is 392 g/mol. The van der Waals surface area contributed by atoms with E-state index in [1.54, 1.807) is 13.8 Å². The lowest BCUT2D eigenvalue weighted by Crippen LogP contribution is -2.11. The van der Waals surface area contributed by atoms with Crippen LogP contribution in [0.1, 0.15) is 34.6 Å². The fraction of sp³-hybridized carbons (Fsp3) is 0.529. The summed E-state index contributed by atoms with van der Waals surface area (Å²) in [6.45, 7) is 14.7. The molecule has 0 aliphatic carbocycles. The molecule has 0 fully saturated rings. The number of primary amides is 2. The van der Waals surface area contributed by atoms with Crippen molar-refractivity contribution in [2.75, 3.05) is 19.8 Å². The summed E-state index contributed by atoms with van der Waals surface area (Å²) in [5, 5.41) is 31.8. The average Bonchev–Trinajstić information content (AvgIpc) is 2.56. The molecule has 0 spiro atoms. The zero-order valence-electron chi connectivity index (χ0n) is 17.5. The van der Waals surface area contributed by atoms with Crippen LogP contribution in [0.5, 0.6) is 0 Å². The standard InChI is InChI=1S/2C4H6O2.2C3H7NO2.C3H8O2/c2*1-3(2)4(5)6;2*1-2-6-3(4)5;1-3(5)2-4/h2*1H2,2H3,(H,5,6);2*2H2,1H3,(H2,4,5);3-5H,2H2,1H3. The van der Waals surface area contributed by atoms with Gasteiger partial charge in [-0.05, 0) is 34.6 Å². The number of amides is 2. The number of nitrogens with two attached hydrogens (primary N) is 2. The normalized spacial score (nSPS) is 8.79. The molecule has 2 amide bonds. The predicted octanol–water partition coefficient (Wildman–Crippen LogP) is 0.857. The Labute approximate surface area is 170 Å². The maximum absolute atomic E-state index is 9.60. The third kappa shape index (κ3) is 78.5. The maximum Gasteiger partial charge on any atom is 0.404 e. The molecule has 8 N–H and O–H groups in total. The highest BCUT2D eigenvalue weighted by Gasteiger charge is 1.90. The molecule has 0 radical (unpaired) electrons. The molecule has 0 heterocycles. The molecule has 1 unspecified atom stereocenters. The van der Waals surface area contributed by atoms with Gasteiger partial charge in [-0.3, -0.25) is 0 Å². The van der Waals surface area contributed by atoms with Gasteiger partial charge in [-0.25, -0.2) is 19.2 Å². The second-order valence-corrected chi connectivity index (χ2v) is 4.71. The van der Waals surface area contributed by atoms with Crippen molar-refractivity contribution in [3.63, 3.8) is 0 Å². The van der Waals surface area contributed by atoms with Gasteiger partial charge in [0.1, 0.15) is 0 Å². The van der Waals surface area contributed by atoms with Crippen molar-refractivity contribution in [3.8, 4) is 0 Å². The van der Waals surface area contributed by atoms with E-state index in [1.165, 1.54) is 20.8 Å². The highest BCUT2D eigenvalue weighted by atomic mass is 16.5. The van der Waals surface area contributed by atoms with Crippen LogP contribution < -0.4 is 11.5 Å². The summed E-state index contributed by atoms with van der Waals surface area (Å²) in [7, 11) is 0. The lowest BCUT2D eigenvalue weighted by atomic mass is 10.4. The zero-order valence-corrected chi connectivity index (χ0v) is 17.5. The van der Waals surface area contributed by atoms with Gasteiger partial charge in [0.25, 0.3) is 0 Å². The van der Waals surface area contributed by atoms with E-state index in [0.29, 0.717) is 13.2 Å². The molecule has 172 valence electrons. The quantitative estimate of drug-likeness (QED) is 0.340. The molecule has 0 aliphatic heterocycles. The Morgan fingerprint density at radius 1 is 0.862 bits per heavy atom. The Balaban J connectivity index is -0.0000000829. The number of hydrogen-bond donors (Lipinski definition) is 6. The Morgan fingerprint density at radius 3 is 1.03 bits per heavy atom. The monoisotopic (exact) mass is 426 g/mol. The van der Waals surface area contributed by atoms with Crippen LogP contribution in [0.2, 0.25) is 0 Å². The average molecular weight is 426 g/mol. The summed E-state index contributed by atoms with van der Waals surface area (Å²) in [6, 6.07) is 0. The van der Waals surface area contributed by atoms with Crippen molar-refractivity contribution in [3.05, 3.63) is 24.3 Å². The van der Waals surface area contributed by atoms with Crippen LogP contribution in [0.3, 0.4) is 0 Å². The summed E-state index contributed by atoms with van der Waals surface area (Å²) in [5.41, 5.74) is 9.44. The number of carboxylic acids is 2. The number of aliphatic carboxylic acids is 2. The smallest absolute Gasteiger partial charge is 0.404 e. The van der Waals surface area contributed by atoms with E-state index < -0.39 is 30.2 Å². The van der Waals surface area contributed by atoms with Gasteiger partial charge in [0.2, 0.25) is 0 Å². The predicted molar refractivity (Wildman–Crippen MR) is 106 cm³/mol. The lowest BCUT2D eigenvalue weighted by molar-refractivity contribution is -0.133.